The van der Waals surface area contributed by atoms with E-state index in [1.54, 1.807) is 0 Å². The monoisotopic (exact) mass is 729 g/mol. The first-order valence-corrected chi connectivity index (χ1v) is 19.5. The molecule has 0 aliphatic heterocycles. The van der Waals surface area contributed by atoms with Crippen LogP contribution in [0.4, 0.5) is 0 Å². The van der Waals surface area contributed by atoms with Crippen molar-refractivity contribution in [1.82, 2.24) is 15.0 Å². The number of hydrogen-bond donors (Lipinski definition) is 0. The Morgan fingerprint density at radius 2 is 0.982 bits per heavy atom. The van der Waals surface area contributed by atoms with Crippen molar-refractivity contribution in [2.24, 2.45) is 0 Å². The molecule has 4 heteroatoms. The van der Waals surface area contributed by atoms with Gasteiger partial charge in [0.2, 0.25) is 0 Å². The summed E-state index contributed by atoms with van der Waals surface area (Å²) in [7, 11) is 0. The van der Waals surface area contributed by atoms with E-state index in [4.69, 9.17) is 19.4 Å². The fourth-order valence-corrected chi connectivity index (χ4v) is 8.49. The summed E-state index contributed by atoms with van der Waals surface area (Å²) in [6, 6.07) is 61.7. The largest absolute Gasteiger partial charge is 0.456 e. The quantitative estimate of drug-likeness (QED) is 0.171. The molecule has 0 saturated carbocycles. The zero-order valence-electron chi connectivity index (χ0n) is 31.1. The Kier molecular flexibility index (Phi) is 7.92. The van der Waals surface area contributed by atoms with Crippen LogP contribution in [0.3, 0.4) is 0 Å². The van der Waals surface area contributed by atoms with Gasteiger partial charge in [-0.1, -0.05) is 170 Å². The molecule has 0 spiro atoms. The van der Waals surface area contributed by atoms with Gasteiger partial charge in [0.1, 0.15) is 11.2 Å². The van der Waals surface area contributed by atoms with E-state index in [1.807, 2.05) is 30.3 Å². The predicted octanol–water partition coefficient (Wildman–Crippen LogP) is 13.9. The van der Waals surface area contributed by atoms with E-state index in [9.17, 15) is 0 Å². The van der Waals surface area contributed by atoms with Gasteiger partial charge in [0.15, 0.2) is 17.5 Å². The Hall–Kier alpha value is -7.43. The minimum Gasteiger partial charge on any atom is -0.456 e. The molecule has 268 valence electrons. The van der Waals surface area contributed by atoms with Crippen molar-refractivity contribution in [3.63, 3.8) is 0 Å². The lowest BCUT2D eigenvalue weighted by atomic mass is 9.89. The van der Waals surface area contributed by atoms with Gasteiger partial charge < -0.3 is 4.42 Å². The van der Waals surface area contributed by atoms with Gasteiger partial charge in [-0.25, -0.2) is 15.0 Å². The minimum atomic E-state index is 0.631. The molecular formula is C53H35N3O. The van der Waals surface area contributed by atoms with Gasteiger partial charge in [-0.3, -0.25) is 0 Å². The van der Waals surface area contributed by atoms with Crippen molar-refractivity contribution in [3.05, 3.63) is 193 Å². The van der Waals surface area contributed by atoms with Crippen LogP contribution in [0.5, 0.6) is 0 Å². The summed E-state index contributed by atoms with van der Waals surface area (Å²) < 4.78 is 6.52. The lowest BCUT2D eigenvalue weighted by Crippen LogP contribution is -2.01. The highest BCUT2D eigenvalue weighted by atomic mass is 16.3. The van der Waals surface area contributed by atoms with Crippen LogP contribution in [0.2, 0.25) is 0 Å². The molecule has 8 aromatic carbocycles. The maximum Gasteiger partial charge on any atom is 0.164 e. The fourth-order valence-electron chi connectivity index (χ4n) is 8.49. The summed E-state index contributed by atoms with van der Waals surface area (Å²) in [6.45, 7) is 0. The lowest BCUT2D eigenvalue weighted by Gasteiger charge is -2.16. The zero-order chi connectivity index (χ0) is 37.7. The zero-order valence-corrected chi connectivity index (χ0v) is 31.1. The maximum atomic E-state index is 6.52. The third-order valence-electron chi connectivity index (χ3n) is 11.2. The third kappa shape index (κ3) is 5.82. The third-order valence-corrected chi connectivity index (χ3v) is 11.2. The number of nitrogens with zero attached hydrogens (tertiary/aromatic N) is 3. The molecule has 1 aliphatic rings. The van der Waals surface area contributed by atoms with Crippen LogP contribution < -0.4 is 0 Å². The molecule has 0 atom stereocenters. The molecule has 0 unspecified atom stereocenters. The van der Waals surface area contributed by atoms with Crippen molar-refractivity contribution in [1.29, 1.82) is 0 Å². The van der Waals surface area contributed by atoms with E-state index < -0.39 is 0 Å². The Morgan fingerprint density at radius 1 is 0.386 bits per heavy atom. The van der Waals surface area contributed by atoms with Crippen molar-refractivity contribution in [2.45, 2.75) is 12.8 Å². The SMILES string of the molecule is C1=Cc2cccc(-c3ccc(-c4nc(-c5ccccc5)nc(-c5cccc6c(-c7cc(-c8ccccc8)cc8oc9ccccc9c78)cccc56)n4)cc3)c2CC1. The van der Waals surface area contributed by atoms with Gasteiger partial charge in [0.05, 0.1) is 0 Å². The molecule has 0 saturated heterocycles. The van der Waals surface area contributed by atoms with Gasteiger partial charge in [-0.2, -0.15) is 0 Å². The van der Waals surface area contributed by atoms with E-state index in [-0.39, 0.29) is 0 Å². The average molecular weight is 730 g/mol. The van der Waals surface area contributed by atoms with Crippen LogP contribution >= 0.6 is 0 Å². The molecular weight excluding hydrogens is 695 g/mol. The second-order valence-corrected chi connectivity index (χ2v) is 14.6. The van der Waals surface area contributed by atoms with Gasteiger partial charge in [0, 0.05) is 27.5 Å². The highest BCUT2D eigenvalue weighted by Gasteiger charge is 2.20. The second kappa shape index (κ2) is 13.7. The number of fused-ring (bicyclic) bond motifs is 5. The molecule has 10 aromatic rings. The van der Waals surface area contributed by atoms with Crippen molar-refractivity contribution in [3.8, 4) is 67.5 Å². The summed E-state index contributed by atoms with van der Waals surface area (Å²) in [6.07, 6.45) is 6.62. The summed E-state index contributed by atoms with van der Waals surface area (Å²) in [5, 5.41) is 4.38. The molecule has 57 heavy (non-hydrogen) atoms. The molecule has 2 heterocycles. The van der Waals surface area contributed by atoms with Crippen LogP contribution in [0.1, 0.15) is 17.5 Å². The summed E-state index contributed by atoms with van der Waals surface area (Å²) in [4.78, 5) is 15.4. The summed E-state index contributed by atoms with van der Waals surface area (Å²) >= 11 is 0. The van der Waals surface area contributed by atoms with Crippen LogP contribution in [0.15, 0.2) is 186 Å². The first kappa shape index (κ1) is 33.0. The van der Waals surface area contributed by atoms with E-state index >= 15 is 0 Å². The smallest absolute Gasteiger partial charge is 0.164 e. The molecule has 2 aromatic heterocycles. The number of aromatic nitrogens is 3. The molecule has 0 radical (unpaired) electrons. The van der Waals surface area contributed by atoms with E-state index in [1.165, 1.54) is 22.3 Å². The number of rotatable bonds is 6. The number of benzene rings is 8. The minimum absolute atomic E-state index is 0.631. The molecule has 11 rings (SSSR count). The predicted molar refractivity (Wildman–Crippen MR) is 235 cm³/mol. The lowest BCUT2D eigenvalue weighted by molar-refractivity contribution is 0.669. The molecule has 0 amide bonds. The van der Waals surface area contributed by atoms with Crippen LogP contribution in [0, 0.1) is 0 Å². The second-order valence-electron chi connectivity index (χ2n) is 14.6. The first-order valence-electron chi connectivity index (χ1n) is 19.5. The highest BCUT2D eigenvalue weighted by Crippen LogP contribution is 2.43. The fraction of sp³-hybridized carbons (Fsp3) is 0.0377. The van der Waals surface area contributed by atoms with Crippen molar-refractivity contribution >= 4 is 38.8 Å². The standard InChI is InChI=1S/C53H35N3O/c1-3-14-34(15-4-1)39-32-47(50-46-21-9-10-27-48(46)57-49(50)33-39)44-25-12-24-43-42(44)23-13-26-45(43)53-55-51(37-17-5-2-6-18-37)54-52(56-53)38-30-28-36(29-31-38)41-22-11-19-35-16-7-8-20-40(35)41/h1-7,9-19,21-33H,8,20H2. The van der Waals surface area contributed by atoms with E-state index in [0.717, 1.165) is 84.5 Å². The van der Waals surface area contributed by atoms with Gasteiger partial charge in [0.25, 0.3) is 0 Å². The van der Waals surface area contributed by atoms with E-state index in [2.05, 4.69) is 158 Å². The number of hydrogen-bond acceptors (Lipinski definition) is 4. The normalized spacial score (nSPS) is 12.4. The van der Waals surface area contributed by atoms with Crippen LogP contribution in [-0.2, 0) is 6.42 Å². The first-order chi connectivity index (χ1) is 28.2. The maximum absolute atomic E-state index is 6.52. The van der Waals surface area contributed by atoms with E-state index in [0.29, 0.717) is 17.5 Å². The molecule has 0 bridgehead atoms. The topological polar surface area (TPSA) is 51.8 Å². The Balaban J connectivity index is 1.08. The molecule has 1 aliphatic carbocycles. The Bertz CT molecular complexity index is 3160. The van der Waals surface area contributed by atoms with Gasteiger partial charge in [-0.05, 0) is 86.3 Å². The highest BCUT2D eigenvalue weighted by molar-refractivity contribution is 6.17. The van der Waals surface area contributed by atoms with Crippen LogP contribution in [0.25, 0.3) is 106 Å². The van der Waals surface area contributed by atoms with Gasteiger partial charge >= 0.3 is 0 Å². The number of allylic oxidation sites excluding steroid dienone is 1. The van der Waals surface area contributed by atoms with Crippen LogP contribution in [-0.4, -0.2) is 15.0 Å². The van der Waals surface area contributed by atoms with Crippen molar-refractivity contribution in [2.75, 3.05) is 0 Å². The Labute approximate surface area is 330 Å². The number of para-hydroxylation sites is 1. The molecule has 0 N–H and O–H groups in total. The Morgan fingerprint density at radius 3 is 1.77 bits per heavy atom. The summed E-state index contributed by atoms with van der Waals surface area (Å²) in [5.41, 5.74) is 14.3. The molecule has 0 fully saturated rings. The summed E-state index contributed by atoms with van der Waals surface area (Å²) in [5.74, 6) is 1.91. The van der Waals surface area contributed by atoms with Gasteiger partial charge in [-0.15, -0.1) is 0 Å². The number of furan rings is 1. The van der Waals surface area contributed by atoms with Crippen molar-refractivity contribution < 1.29 is 4.42 Å². The molecule has 4 nitrogen and oxygen atoms in total. The average Bonchev–Trinajstić information content (AvgIpc) is 3.67.